The quantitative estimate of drug-likeness (QED) is 0.475. The van der Waals surface area contributed by atoms with Gasteiger partial charge in [0.25, 0.3) is 0 Å². The highest BCUT2D eigenvalue weighted by Gasteiger charge is 2.00. The summed E-state index contributed by atoms with van der Waals surface area (Å²) in [6.45, 7) is 1.21. The van der Waals surface area contributed by atoms with Crippen molar-refractivity contribution >= 4 is 17.2 Å². The molecule has 18 heavy (non-hydrogen) atoms. The summed E-state index contributed by atoms with van der Waals surface area (Å²) in [5.41, 5.74) is 6.87. The highest BCUT2D eigenvalue weighted by Crippen LogP contribution is 2.10. The molecule has 94 valence electrons. The zero-order valence-electron chi connectivity index (χ0n) is 9.93. The van der Waals surface area contributed by atoms with Crippen LogP contribution in [-0.4, -0.2) is 17.4 Å². The highest BCUT2D eigenvalue weighted by molar-refractivity contribution is 7.09. The maximum atomic E-state index is 7.32. The summed E-state index contributed by atoms with van der Waals surface area (Å²) in [6.07, 6.45) is 2.58. The third kappa shape index (κ3) is 3.65. The maximum absolute atomic E-state index is 7.32. The molecule has 0 aliphatic heterocycles. The molecule has 2 rings (SSSR count). The SMILES string of the molecule is N=C(N)c1cc(COCCc2cccs2)ccn1. The number of hydrogen-bond acceptors (Lipinski definition) is 4. The van der Waals surface area contributed by atoms with E-state index in [1.165, 1.54) is 4.88 Å². The number of ether oxygens (including phenoxy) is 1. The number of pyridine rings is 1. The third-order valence-corrected chi connectivity index (χ3v) is 3.38. The molecule has 0 bridgehead atoms. The molecule has 2 aromatic rings. The summed E-state index contributed by atoms with van der Waals surface area (Å²) in [5, 5.41) is 9.38. The zero-order valence-corrected chi connectivity index (χ0v) is 10.7. The summed E-state index contributed by atoms with van der Waals surface area (Å²) in [6, 6.07) is 7.81. The molecule has 0 radical (unpaired) electrons. The third-order valence-electron chi connectivity index (χ3n) is 2.44. The predicted molar refractivity (Wildman–Crippen MR) is 72.9 cm³/mol. The number of nitrogens with two attached hydrogens (primary N) is 1. The lowest BCUT2D eigenvalue weighted by Crippen LogP contribution is -2.13. The Morgan fingerprint density at radius 2 is 2.33 bits per heavy atom. The van der Waals surface area contributed by atoms with Crippen molar-refractivity contribution in [2.45, 2.75) is 13.0 Å². The molecule has 0 unspecified atom stereocenters. The summed E-state index contributed by atoms with van der Waals surface area (Å²) in [4.78, 5) is 5.33. The molecule has 0 fully saturated rings. The molecule has 0 amide bonds. The standard InChI is InChI=1S/C13H15N3OS/c14-13(15)12-8-10(3-5-16-12)9-17-6-4-11-2-1-7-18-11/h1-3,5,7-8H,4,6,9H2,(H3,14,15). The Hall–Kier alpha value is -1.72. The number of aromatic nitrogens is 1. The van der Waals surface area contributed by atoms with Gasteiger partial charge in [-0.15, -0.1) is 11.3 Å². The molecule has 0 aliphatic carbocycles. The Morgan fingerprint density at radius 3 is 3.06 bits per heavy atom. The van der Waals surface area contributed by atoms with Crippen LogP contribution in [-0.2, 0) is 17.8 Å². The van der Waals surface area contributed by atoms with Crippen molar-refractivity contribution in [3.05, 3.63) is 52.0 Å². The van der Waals surface area contributed by atoms with Crippen LogP contribution in [0.1, 0.15) is 16.1 Å². The van der Waals surface area contributed by atoms with Gasteiger partial charge >= 0.3 is 0 Å². The van der Waals surface area contributed by atoms with E-state index < -0.39 is 0 Å². The van der Waals surface area contributed by atoms with E-state index in [1.807, 2.05) is 12.1 Å². The predicted octanol–water partition coefficient (Wildman–Crippen LogP) is 2.19. The molecule has 3 N–H and O–H groups in total. The molecule has 0 saturated heterocycles. The van der Waals surface area contributed by atoms with E-state index in [-0.39, 0.29) is 5.84 Å². The number of nitrogen functional groups attached to an aromatic ring is 1. The normalized spacial score (nSPS) is 10.4. The zero-order chi connectivity index (χ0) is 12.8. The molecular weight excluding hydrogens is 246 g/mol. The fourth-order valence-corrected chi connectivity index (χ4v) is 2.22. The largest absolute Gasteiger partial charge is 0.382 e. The number of hydrogen-bond donors (Lipinski definition) is 2. The van der Waals surface area contributed by atoms with Crippen LogP contribution < -0.4 is 5.73 Å². The van der Waals surface area contributed by atoms with E-state index in [9.17, 15) is 0 Å². The van der Waals surface area contributed by atoms with Gasteiger partial charge in [0.1, 0.15) is 11.5 Å². The lowest BCUT2D eigenvalue weighted by Gasteiger charge is -2.05. The van der Waals surface area contributed by atoms with E-state index in [0.717, 1.165) is 12.0 Å². The molecule has 2 heterocycles. The first-order chi connectivity index (χ1) is 8.75. The molecular formula is C13H15N3OS. The van der Waals surface area contributed by atoms with Crippen molar-refractivity contribution in [3.63, 3.8) is 0 Å². The fourth-order valence-electron chi connectivity index (χ4n) is 1.53. The van der Waals surface area contributed by atoms with Crippen LogP contribution in [0.15, 0.2) is 35.8 Å². The van der Waals surface area contributed by atoms with Gasteiger partial charge < -0.3 is 10.5 Å². The van der Waals surface area contributed by atoms with E-state index >= 15 is 0 Å². The molecule has 5 heteroatoms. The van der Waals surface area contributed by atoms with Crippen molar-refractivity contribution in [1.82, 2.24) is 4.98 Å². The Labute approximate surface area is 110 Å². The maximum Gasteiger partial charge on any atom is 0.141 e. The van der Waals surface area contributed by atoms with Crippen LogP contribution >= 0.6 is 11.3 Å². The van der Waals surface area contributed by atoms with E-state index in [4.69, 9.17) is 15.9 Å². The van der Waals surface area contributed by atoms with Crippen molar-refractivity contribution in [3.8, 4) is 0 Å². The van der Waals surface area contributed by atoms with E-state index in [0.29, 0.717) is 18.9 Å². The molecule has 4 nitrogen and oxygen atoms in total. The average molecular weight is 261 g/mol. The second-order valence-electron chi connectivity index (χ2n) is 3.84. The molecule has 2 aromatic heterocycles. The first-order valence-electron chi connectivity index (χ1n) is 5.65. The minimum atomic E-state index is -0.0181. The van der Waals surface area contributed by atoms with Crippen LogP contribution in [0.25, 0.3) is 0 Å². The Morgan fingerprint density at radius 1 is 1.44 bits per heavy atom. The van der Waals surface area contributed by atoms with Crippen molar-refractivity contribution in [2.75, 3.05) is 6.61 Å². The first-order valence-corrected chi connectivity index (χ1v) is 6.53. The Balaban J connectivity index is 1.79. The van der Waals surface area contributed by atoms with Gasteiger partial charge in [0.15, 0.2) is 0 Å². The van der Waals surface area contributed by atoms with Gasteiger partial charge in [0.05, 0.1) is 13.2 Å². The van der Waals surface area contributed by atoms with Crippen molar-refractivity contribution < 1.29 is 4.74 Å². The van der Waals surface area contributed by atoms with Crippen molar-refractivity contribution in [1.29, 1.82) is 5.41 Å². The fraction of sp³-hybridized carbons (Fsp3) is 0.231. The van der Waals surface area contributed by atoms with Crippen LogP contribution in [0.4, 0.5) is 0 Å². The van der Waals surface area contributed by atoms with Gasteiger partial charge in [0.2, 0.25) is 0 Å². The molecule has 0 saturated carbocycles. The minimum Gasteiger partial charge on any atom is -0.382 e. The Kier molecular flexibility index (Phi) is 4.44. The van der Waals surface area contributed by atoms with Crippen LogP contribution in [0.3, 0.4) is 0 Å². The summed E-state index contributed by atoms with van der Waals surface area (Å²) >= 11 is 1.74. The second-order valence-corrected chi connectivity index (χ2v) is 4.88. The summed E-state index contributed by atoms with van der Waals surface area (Å²) < 4.78 is 5.60. The number of thiophene rings is 1. The van der Waals surface area contributed by atoms with Gasteiger partial charge in [-0.25, -0.2) is 0 Å². The number of rotatable bonds is 6. The number of nitrogens with zero attached hydrogens (tertiary/aromatic N) is 1. The second kappa shape index (κ2) is 6.28. The smallest absolute Gasteiger partial charge is 0.141 e. The minimum absolute atomic E-state index is 0.0181. The number of nitrogens with one attached hydrogen (secondary N) is 1. The van der Waals surface area contributed by atoms with Gasteiger partial charge in [-0.1, -0.05) is 6.07 Å². The number of amidine groups is 1. The van der Waals surface area contributed by atoms with Crippen LogP contribution in [0.2, 0.25) is 0 Å². The van der Waals surface area contributed by atoms with Gasteiger partial charge in [-0.2, -0.15) is 0 Å². The van der Waals surface area contributed by atoms with Crippen LogP contribution in [0, 0.1) is 5.41 Å². The van der Waals surface area contributed by atoms with Gasteiger partial charge in [-0.3, -0.25) is 10.4 Å². The molecule has 0 spiro atoms. The lowest BCUT2D eigenvalue weighted by molar-refractivity contribution is 0.124. The average Bonchev–Trinajstić information content (AvgIpc) is 2.88. The topological polar surface area (TPSA) is 72.0 Å². The van der Waals surface area contributed by atoms with Crippen LogP contribution in [0.5, 0.6) is 0 Å². The molecule has 0 aromatic carbocycles. The highest BCUT2D eigenvalue weighted by atomic mass is 32.1. The summed E-state index contributed by atoms with van der Waals surface area (Å²) in [5.74, 6) is -0.0181. The van der Waals surface area contributed by atoms with E-state index in [1.54, 1.807) is 23.6 Å². The first kappa shape index (κ1) is 12.7. The molecule has 0 aliphatic rings. The Bertz CT molecular complexity index is 511. The lowest BCUT2D eigenvalue weighted by atomic mass is 10.2. The van der Waals surface area contributed by atoms with Gasteiger partial charge in [-0.05, 0) is 29.1 Å². The monoisotopic (exact) mass is 261 g/mol. The van der Waals surface area contributed by atoms with Gasteiger partial charge in [0, 0.05) is 17.5 Å². The van der Waals surface area contributed by atoms with E-state index in [2.05, 4.69) is 16.4 Å². The van der Waals surface area contributed by atoms with Crippen molar-refractivity contribution in [2.24, 2.45) is 5.73 Å². The summed E-state index contributed by atoms with van der Waals surface area (Å²) in [7, 11) is 0. The molecule has 0 atom stereocenters.